The lowest BCUT2D eigenvalue weighted by molar-refractivity contribution is -0.114. The van der Waals surface area contributed by atoms with Gasteiger partial charge in [0.2, 0.25) is 15.9 Å². The molecule has 0 atom stereocenters. The van der Waals surface area contributed by atoms with Crippen molar-refractivity contribution in [2.24, 2.45) is 0 Å². The van der Waals surface area contributed by atoms with Crippen molar-refractivity contribution in [1.29, 1.82) is 0 Å². The van der Waals surface area contributed by atoms with Crippen molar-refractivity contribution in [3.63, 3.8) is 0 Å². The molecule has 0 heterocycles. The van der Waals surface area contributed by atoms with E-state index in [1.54, 1.807) is 24.3 Å². The van der Waals surface area contributed by atoms with E-state index in [-0.39, 0.29) is 6.54 Å². The number of amides is 1. The highest BCUT2D eigenvalue weighted by atomic mass is 79.9. The van der Waals surface area contributed by atoms with Crippen molar-refractivity contribution in [2.45, 2.75) is 13.8 Å². The van der Waals surface area contributed by atoms with Gasteiger partial charge in [0.15, 0.2) is 0 Å². The molecule has 0 saturated heterocycles. The van der Waals surface area contributed by atoms with E-state index in [4.69, 9.17) is 0 Å². The second-order valence-corrected chi connectivity index (χ2v) is 8.49. The van der Waals surface area contributed by atoms with E-state index in [9.17, 15) is 13.2 Å². The fourth-order valence-corrected chi connectivity index (χ4v) is 3.51. The average Bonchev–Trinajstić information content (AvgIpc) is 2.43. The second-order valence-electron chi connectivity index (χ2n) is 5.67. The smallest absolute Gasteiger partial charge is 0.245 e. The van der Waals surface area contributed by atoms with Crippen molar-refractivity contribution >= 4 is 43.2 Å². The maximum absolute atomic E-state index is 12.3. The summed E-state index contributed by atoms with van der Waals surface area (Å²) in [6.45, 7) is 3.59. The molecule has 0 aliphatic heterocycles. The van der Waals surface area contributed by atoms with E-state index in [1.165, 1.54) is 0 Å². The number of aryl methyl sites for hydroxylation is 2. The highest BCUT2D eigenvalue weighted by Crippen LogP contribution is 2.21. The fourth-order valence-electron chi connectivity index (χ4n) is 2.39. The summed E-state index contributed by atoms with van der Waals surface area (Å²) in [7, 11) is -3.58. The molecule has 2 aromatic carbocycles. The Morgan fingerprint density at radius 3 is 2.12 bits per heavy atom. The summed E-state index contributed by atoms with van der Waals surface area (Å²) in [5, 5.41) is 2.75. The van der Waals surface area contributed by atoms with E-state index in [2.05, 4.69) is 21.2 Å². The van der Waals surface area contributed by atoms with Crippen LogP contribution in [0, 0.1) is 13.8 Å². The number of anilines is 2. The Hall–Kier alpha value is -1.86. The molecule has 0 aliphatic rings. The van der Waals surface area contributed by atoms with E-state index in [1.807, 2.05) is 32.0 Å². The standard InChI is InChI=1S/C17H19BrN2O3S/c1-12-8-13(2)10-15(9-12)19-17(21)11-20(24(3,22)23)16-6-4-14(18)5-7-16/h4-10H,11H2,1-3H3,(H,19,21). The van der Waals surface area contributed by atoms with E-state index in [0.29, 0.717) is 11.4 Å². The highest BCUT2D eigenvalue weighted by Gasteiger charge is 2.20. The third kappa shape index (κ3) is 5.07. The topological polar surface area (TPSA) is 66.5 Å². The van der Waals surface area contributed by atoms with Crippen molar-refractivity contribution < 1.29 is 13.2 Å². The van der Waals surface area contributed by atoms with Gasteiger partial charge in [-0.3, -0.25) is 9.10 Å². The summed E-state index contributed by atoms with van der Waals surface area (Å²) in [5.74, 6) is -0.395. The van der Waals surface area contributed by atoms with Crippen LogP contribution in [0.25, 0.3) is 0 Å². The van der Waals surface area contributed by atoms with Crippen LogP contribution in [0.15, 0.2) is 46.9 Å². The molecule has 0 fully saturated rings. The van der Waals surface area contributed by atoms with Crippen LogP contribution in [-0.4, -0.2) is 27.1 Å². The number of nitrogens with zero attached hydrogens (tertiary/aromatic N) is 1. The molecular formula is C17H19BrN2O3S. The number of hydrogen-bond acceptors (Lipinski definition) is 3. The van der Waals surface area contributed by atoms with Crippen LogP contribution in [0.3, 0.4) is 0 Å². The largest absolute Gasteiger partial charge is 0.324 e. The first kappa shape index (κ1) is 18.5. The average molecular weight is 411 g/mol. The zero-order valence-electron chi connectivity index (χ0n) is 13.7. The lowest BCUT2D eigenvalue weighted by Gasteiger charge is -2.22. The fraction of sp³-hybridized carbons (Fsp3) is 0.235. The molecule has 0 spiro atoms. The summed E-state index contributed by atoms with van der Waals surface area (Å²) in [6.07, 6.45) is 1.08. The lowest BCUT2D eigenvalue weighted by Crippen LogP contribution is -2.37. The molecule has 2 rings (SSSR count). The number of carbonyl (C=O) groups excluding carboxylic acids is 1. The predicted molar refractivity (Wildman–Crippen MR) is 101 cm³/mol. The van der Waals surface area contributed by atoms with Crippen LogP contribution in [0.5, 0.6) is 0 Å². The Balaban J connectivity index is 2.20. The van der Waals surface area contributed by atoms with Gasteiger partial charge in [0, 0.05) is 10.2 Å². The highest BCUT2D eigenvalue weighted by molar-refractivity contribution is 9.10. The van der Waals surface area contributed by atoms with Crippen LogP contribution >= 0.6 is 15.9 Å². The predicted octanol–water partition coefficient (Wildman–Crippen LogP) is 3.47. The van der Waals surface area contributed by atoms with Crippen molar-refractivity contribution in [2.75, 3.05) is 22.4 Å². The quantitative estimate of drug-likeness (QED) is 0.820. The number of hydrogen-bond donors (Lipinski definition) is 1. The Kier molecular flexibility index (Phi) is 5.66. The minimum Gasteiger partial charge on any atom is -0.324 e. The molecule has 0 aliphatic carbocycles. The lowest BCUT2D eigenvalue weighted by atomic mass is 10.1. The third-order valence-electron chi connectivity index (χ3n) is 3.31. The minimum absolute atomic E-state index is 0.284. The Morgan fingerprint density at radius 2 is 1.62 bits per heavy atom. The van der Waals surface area contributed by atoms with Crippen LogP contribution in [0.4, 0.5) is 11.4 Å². The second kappa shape index (κ2) is 7.36. The first-order chi connectivity index (χ1) is 11.1. The van der Waals surface area contributed by atoms with Crippen LogP contribution < -0.4 is 9.62 Å². The number of halogens is 1. The number of benzene rings is 2. The molecule has 0 unspecified atom stereocenters. The normalized spacial score (nSPS) is 11.2. The molecular weight excluding hydrogens is 392 g/mol. The van der Waals surface area contributed by atoms with E-state index >= 15 is 0 Å². The minimum atomic E-state index is -3.58. The zero-order valence-corrected chi connectivity index (χ0v) is 16.1. The van der Waals surface area contributed by atoms with Crippen molar-refractivity contribution in [3.8, 4) is 0 Å². The van der Waals surface area contributed by atoms with Gasteiger partial charge in [-0.25, -0.2) is 8.42 Å². The zero-order chi connectivity index (χ0) is 17.9. The van der Waals surface area contributed by atoms with Gasteiger partial charge in [-0.15, -0.1) is 0 Å². The summed E-state index contributed by atoms with van der Waals surface area (Å²) in [4.78, 5) is 12.3. The molecule has 2 aromatic rings. The molecule has 1 amide bonds. The van der Waals surface area contributed by atoms with Gasteiger partial charge in [-0.05, 0) is 61.4 Å². The van der Waals surface area contributed by atoms with E-state index < -0.39 is 15.9 Å². The maximum Gasteiger partial charge on any atom is 0.245 e. The van der Waals surface area contributed by atoms with Gasteiger partial charge in [-0.1, -0.05) is 22.0 Å². The number of sulfonamides is 1. The Labute approximate surface area is 150 Å². The van der Waals surface area contributed by atoms with Crippen LogP contribution in [-0.2, 0) is 14.8 Å². The molecule has 24 heavy (non-hydrogen) atoms. The SMILES string of the molecule is Cc1cc(C)cc(NC(=O)CN(c2ccc(Br)cc2)S(C)(=O)=O)c1. The molecule has 0 aromatic heterocycles. The first-order valence-corrected chi connectivity index (χ1v) is 9.91. The van der Waals surface area contributed by atoms with Crippen molar-refractivity contribution in [3.05, 3.63) is 58.1 Å². The molecule has 0 bridgehead atoms. The number of carbonyl (C=O) groups is 1. The van der Waals surface area contributed by atoms with Crippen LogP contribution in [0.1, 0.15) is 11.1 Å². The summed E-state index contributed by atoms with van der Waals surface area (Å²) in [6, 6.07) is 12.4. The number of rotatable bonds is 5. The van der Waals surface area contributed by atoms with Crippen molar-refractivity contribution in [1.82, 2.24) is 0 Å². The van der Waals surface area contributed by atoms with Gasteiger partial charge in [0.1, 0.15) is 6.54 Å². The van der Waals surface area contributed by atoms with E-state index in [0.717, 1.165) is 26.2 Å². The molecule has 0 radical (unpaired) electrons. The van der Waals surface area contributed by atoms with Gasteiger partial charge in [-0.2, -0.15) is 0 Å². The maximum atomic E-state index is 12.3. The molecule has 5 nitrogen and oxygen atoms in total. The summed E-state index contributed by atoms with van der Waals surface area (Å²) in [5.41, 5.74) is 3.15. The Morgan fingerprint density at radius 1 is 1.08 bits per heavy atom. The molecule has 0 saturated carbocycles. The van der Waals surface area contributed by atoms with Gasteiger partial charge in [0.05, 0.1) is 11.9 Å². The van der Waals surface area contributed by atoms with Gasteiger partial charge >= 0.3 is 0 Å². The monoisotopic (exact) mass is 410 g/mol. The van der Waals surface area contributed by atoms with Gasteiger partial charge < -0.3 is 5.32 Å². The molecule has 7 heteroatoms. The number of nitrogens with one attached hydrogen (secondary N) is 1. The summed E-state index contributed by atoms with van der Waals surface area (Å²) >= 11 is 3.31. The van der Waals surface area contributed by atoms with Crippen LogP contribution in [0.2, 0.25) is 0 Å². The first-order valence-electron chi connectivity index (χ1n) is 7.26. The van der Waals surface area contributed by atoms with Gasteiger partial charge in [0.25, 0.3) is 0 Å². The summed E-state index contributed by atoms with van der Waals surface area (Å²) < 4.78 is 26.0. The Bertz CT molecular complexity index is 828. The third-order valence-corrected chi connectivity index (χ3v) is 4.98. The molecule has 1 N–H and O–H groups in total. The molecule has 128 valence electrons.